The Hall–Kier alpha value is -2.40. The molecule has 120 valence electrons. The van der Waals surface area contributed by atoms with E-state index in [2.05, 4.69) is 10.3 Å². The van der Waals surface area contributed by atoms with Gasteiger partial charge in [-0.25, -0.2) is 4.98 Å². The third kappa shape index (κ3) is 3.68. The summed E-state index contributed by atoms with van der Waals surface area (Å²) in [5.41, 5.74) is 2.08. The second kappa shape index (κ2) is 7.24. The van der Waals surface area contributed by atoms with Crippen LogP contribution in [-0.2, 0) is 4.79 Å². The van der Waals surface area contributed by atoms with Crippen molar-refractivity contribution in [3.05, 3.63) is 54.6 Å². The first-order chi connectivity index (χ1) is 11.3. The zero-order valence-corrected chi connectivity index (χ0v) is 13.4. The van der Waals surface area contributed by atoms with Gasteiger partial charge in [0, 0.05) is 43.3 Å². The van der Waals surface area contributed by atoms with Crippen LogP contribution in [0.4, 0.5) is 0 Å². The fourth-order valence-corrected chi connectivity index (χ4v) is 3.01. The van der Waals surface area contributed by atoms with Gasteiger partial charge in [-0.2, -0.15) is 0 Å². The van der Waals surface area contributed by atoms with Gasteiger partial charge in [0.1, 0.15) is 0 Å². The van der Waals surface area contributed by atoms with Crippen molar-refractivity contribution in [2.75, 3.05) is 20.1 Å². The van der Waals surface area contributed by atoms with Gasteiger partial charge in [-0.3, -0.25) is 4.79 Å². The van der Waals surface area contributed by atoms with Crippen molar-refractivity contribution >= 4 is 12.0 Å². The molecule has 5 heteroatoms. The van der Waals surface area contributed by atoms with E-state index in [1.165, 1.54) is 0 Å². The van der Waals surface area contributed by atoms with E-state index in [1.54, 1.807) is 18.6 Å². The van der Waals surface area contributed by atoms with Gasteiger partial charge in [-0.1, -0.05) is 12.1 Å². The second-order valence-corrected chi connectivity index (χ2v) is 5.78. The minimum absolute atomic E-state index is 0.0986. The van der Waals surface area contributed by atoms with Crippen LogP contribution in [0.5, 0.6) is 0 Å². The molecular formula is C18H22N4O. The van der Waals surface area contributed by atoms with E-state index in [-0.39, 0.29) is 5.91 Å². The zero-order valence-electron chi connectivity index (χ0n) is 13.4. The van der Waals surface area contributed by atoms with Gasteiger partial charge in [-0.15, -0.1) is 0 Å². The van der Waals surface area contributed by atoms with Crippen molar-refractivity contribution in [2.24, 2.45) is 0 Å². The third-order valence-corrected chi connectivity index (χ3v) is 4.21. The van der Waals surface area contributed by atoms with Gasteiger partial charge in [0.05, 0.1) is 6.33 Å². The molecule has 0 radical (unpaired) electrons. The van der Waals surface area contributed by atoms with E-state index in [0.717, 1.165) is 37.2 Å². The number of benzene rings is 1. The highest BCUT2D eigenvalue weighted by Crippen LogP contribution is 2.17. The number of nitrogens with zero attached hydrogens (tertiary/aromatic N) is 3. The van der Waals surface area contributed by atoms with E-state index >= 15 is 0 Å². The van der Waals surface area contributed by atoms with Crippen molar-refractivity contribution in [3.8, 4) is 5.69 Å². The Morgan fingerprint density at radius 3 is 2.91 bits per heavy atom. The van der Waals surface area contributed by atoms with Gasteiger partial charge in [0.2, 0.25) is 5.91 Å². The third-order valence-electron chi connectivity index (χ3n) is 4.21. The maximum absolute atomic E-state index is 12.4. The molecule has 1 aromatic heterocycles. The number of hydrogen-bond donors (Lipinski definition) is 1. The van der Waals surface area contributed by atoms with Gasteiger partial charge in [0.25, 0.3) is 0 Å². The molecule has 0 saturated carbocycles. The number of carbonyl (C=O) groups is 1. The van der Waals surface area contributed by atoms with Gasteiger partial charge >= 0.3 is 0 Å². The Morgan fingerprint density at radius 1 is 1.39 bits per heavy atom. The smallest absolute Gasteiger partial charge is 0.246 e. The number of amides is 1. The lowest BCUT2D eigenvalue weighted by Gasteiger charge is -2.23. The molecule has 0 aliphatic carbocycles. The molecule has 0 spiro atoms. The highest BCUT2D eigenvalue weighted by atomic mass is 16.2. The second-order valence-electron chi connectivity index (χ2n) is 5.78. The number of carbonyl (C=O) groups excluding carboxylic acids is 1. The fraction of sp³-hybridized carbons (Fsp3) is 0.333. The summed E-state index contributed by atoms with van der Waals surface area (Å²) >= 11 is 0. The summed E-state index contributed by atoms with van der Waals surface area (Å²) in [5.74, 6) is 0.0986. The SMILES string of the molecule is CNCC1CCCN1C(=O)/C=C/c1ccc(-n2ccnc2)cc1. The topological polar surface area (TPSA) is 50.2 Å². The summed E-state index contributed by atoms with van der Waals surface area (Å²) in [4.78, 5) is 18.4. The molecule has 1 aliphatic rings. The quantitative estimate of drug-likeness (QED) is 0.861. The Morgan fingerprint density at radius 2 is 2.22 bits per heavy atom. The first-order valence-corrected chi connectivity index (χ1v) is 7.99. The van der Waals surface area contributed by atoms with Crippen LogP contribution < -0.4 is 5.32 Å². The van der Waals surface area contributed by atoms with E-state index in [1.807, 2.05) is 53.1 Å². The molecule has 1 amide bonds. The predicted molar refractivity (Wildman–Crippen MR) is 91.3 cm³/mol. The lowest BCUT2D eigenvalue weighted by atomic mass is 10.2. The van der Waals surface area contributed by atoms with Crippen LogP contribution >= 0.6 is 0 Å². The molecule has 1 aliphatic heterocycles. The lowest BCUT2D eigenvalue weighted by Crippen LogP contribution is -2.39. The summed E-state index contributed by atoms with van der Waals surface area (Å²) in [5, 5.41) is 3.16. The number of rotatable bonds is 5. The van der Waals surface area contributed by atoms with Crippen LogP contribution in [-0.4, -0.2) is 46.5 Å². The monoisotopic (exact) mass is 310 g/mol. The predicted octanol–water partition coefficient (Wildman–Crippen LogP) is 2.10. The highest BCUT2D eigenvalue weighted by Gasteiger charge is 2.26. The molecule has 3 rings (SSSR count). The molecule has 2 heterocycles. The zero-order chi connectivity index (χ0) is 16.1. The normalized spacial score (nSPS) is 18.0. The van der Waals surface area contributed by atoms with Gasteiger partial charge in [-0.05, 0) is 43.7 Å². The molecular weight excluding hydrogens is 288 g/mol. The maximum atomic E-state index is 12.4. The Balaban J connectivity index is 1.64. The van der Waals surface area contributed by atoms with Crippen LogP contribution in [0.15, 0.2) is 49.1 Å². The fourth-order valence-electron chi connectivity index (χ4n) is 3.01. The van der Waals surface area contributed by atoms with Crippen LogP contribution in [0.3, 0.4) is 0 Å². The largest absolute Gasteiger partial charge is 0.335 e. The molecule has 2 aromatic rings. The van der Waals surface area contributed by atoms with Gasteiger partial charge in [0.15, 0.2) is 0 Å². The number of imidazole rings is 1. The maximum Gasteiger partial charge on any atom is 0.246 e. The molecule has 5 nitrogen and oxygen atoms in total. The molecule has 0 bridgehead atoms. The standard InChI is InChI=1S/C18H22N4O/c1-19-13-17-3-2-11-22(17)18(23)9-6-15-4-7-16(8-5-15)21-12-10-20-14-21/h4-10,12,14,17,19H,2-3,11,13H2,1H3/b9-6+. The molecule has 1 saturated heterocycles. The number of hydrogen-bond acceptors (Lipinski definition) is 3. The van der Waals surface area contributed by atoms with Crippen LogP contribution in [0.2, 0.25) is 0 Å². The van der Waals surface area contributed by atoms with E-state index in [4.69, 9.17) is 0 Å². The summed E-state index contributed by atoms with van der Waals surface area (Å²) in [6.07, 6.45) is 11.2. The minimum atomic E-state index is 0.0986. The lowest BCUT2D eigenvalue weighted by molar-refractivity contribution is -0.126. The summed E-state index contributed by atoms with van der Waals surface area (Å²) in [6.45, 7) is 1.72. The van der Waals surface area contributed by atoms with Crippen molar-refractivity contribution < 1.29 is 4.79 Å². The van der Waals surface area contributed by atoms with E-state index in [0.29, 0.717) is 6.04 Å². The van der Waals surface area contributed by atoms with Crippen LogP contribution in [0.1, 0.15) is 18.4 Å². The number of likely N-dealkylation sites (tertiary alicyclic amines) is 1. The van der Waals surface area contributed by atoms with Crippen molar-refractivity contribution in [1.82, 2.24) is 19.8 Å². The Bertz CT molecular complexity index is 661. The molecule has 1 N–H and O–H groups in total. The molecule has 23 heavy (non-hydrogen) atoms. The molecule has 1 atom stereocenters. The molecule has 1 fully saturated rings. The van der Waals surface area contributed by atoms with Crippen LogP contribution in [0.25, 0.3) is 11.8 Å². The Kier molecular flexibility index (Phi) is 4.88. The van der Waals surface area contributed by atoms with E-state index in [9.17, 15) is 4.79 Å². The molecule has 1 aromatic carbocycles. The summed E-state index contributed by atoms with van der Waals surface area (Å²) < 4.78 is 1.95. The number of aromatic nitrogens is 2. The molecule has 1 unspecified atom stereocenters. The van der Waals surface area contributed by atoms with Crippen LogP contribution in [0, 0.1) is 0 Å². The minimum Gasteiger partial charge on any atom is -0.335 e. The first kappa shape index (κ1) is 15.5. The first-order valence-electron chi connectivity index (χ1n) is 7.99. The van der Waals surface area contributed by atoms with Crippen molar-refractivity contribution in [1.29, 1.82) is 0 Å². The Labute approximate surface area is 136 Å². The van der Waals surface area contributed by atoms with Gasteiger partial charge < -0.3 is 14.8 Å². The highest BCUT2D eigenvalue weighted by molar-refractivity contribution is 5.92. The van der Waals surface area contributed by atoms with E-state index < -0.39 is 0 Å². The van der Waals surface area contributed by atoms with Crippen molar-refractivity contribution in [2.45, 2.75) is 18.9 Å². The number of likely N-dealkylation sites (N-methyl/N-ethyl adjacent to an activating group) is 1. The average molecular weight is 310 g/mol. The summed E-state index contributed by atoms with van der Waals surface area (Å²) in [6, 6.07) is 8.38. The van der Waals surface area contributed by atoms with Crippen molar-refractivity contribution in [3.63, 3.8) is 0 Å². The average Bonchev–Trinajstić information content (AvgIpc) is 3.25. The number of nitrogens with one attached hydrogen (secondary N) is 1. The summed E-state index contributed by atoms with van der Waals surface area (Å²) in [7, 11) is 1.93.